The highest BCUT2D eigenvalue weighted by atomic mass is 15.3. The number of aromatic nitrogens is 2. The van der Waals surface area contributed by atoms with Crippen molar-refractivity contribution >= 4 is 0 Å². The Morgan fingerprint density at radius 3 is 2.14 bits per heavy atom. The fourth-order valence-electron chi connectivity index (χ4n) is 2.68. The van der Waals surface area contributed by atoms with Crippen molar-refractivity contribution in [2.24, 2.45) is 12.8 Å². The lowest BCUT2D eigenvalue weighted by molar-refractivity contribution is 0.589. The Balaban J connectivity index is 2.19. The number of rotatable bonds is 3. The quantitative estimate of drug-likeness (QED) is 0.936. The van der Waals surface area contributed by atoms with Crippen molar-refractivity contribution in [1.82, 2.24) is 9.78 Å². The van der Waals surface area contributed by atoms with E-state index in [0.717, 1.165) is 12.1 Å². The largest absolute Gasteiger partial charge is 0.324 e. The van der Waals surface area contributed by atoms with Crippen LogP contribution < -0.4 is 5.73 Å². The second-order valence-electron chi connectivity index (χ2n) is 6.96. The van der Waals surface area contributed by atoms with Crippen LogP contribution in [0.15, 0.2) is 24.3 Å². The molecule has 0 fully saturated rings. The third-order valence-electron chi connectivity index (χ3n) is 4.29. The van der Waals surface area contributed by atoms with E-state index < -0.39 is 0 Å². The molecular formula is C18H27N3. The highest BCUT2D eigenvalue weighted by Crippen LogP contribution is 2.25. The van der Waals surface area contributed by atoms with E-state index >= 15 is 0 Å². The normalized spacial score (nSPS) is 13.5. The molecule has 0 radical (unpaired) electrons. The van der Waals surface area contributed by atoms with E-state index in [2.05, 4.69) is 64.0 Å². The summed E-state index contributed by atoms with van der Waals surface area (Å²) < 4.78 is 1.93. The summed E-state index contributed by atoms with van der Waals surface area (Å²) >= 11 is 0. The summed E-state index contributed by atoms with van der Waals surface area (Å²) in [6.07, 6.45) is 0.834. The topological polar surface area (TPSA) is 43.8 Å². The first-order chi connectivity index (χ1) is 9.70. The molecule has 2 aromatic rings. The first kappa shape index (κ1) is 15.8. The van der Waals surface area contributed by atoms with Gasteiger partial charge in [0.05, 0.1) is 5.69 Å². The second-order valence-corrected chi connectivity index (χ2v) is 6.96. The maximum absolute atomic E-state index is 6.40. The number of aryl methyl sites for hydroxylation is 2. The molecule has 114 valence electrons. The fourth-order valence-corrected chi connectivity index (χ4v) is 2.68. The van der Waals surface area contributed by atoms with Crippen molar-refractivity contribution in [3.63, 3.8) is 0 Å². The van der Waals surface area contributed by atoms with Crippen LogP contribution in [0.25, 0.3) is 0 Å². The van der Waals surface area contributed by atoms with Crippen LogP contribution in [0.2, 0.25) is 0 Å². The van der Waals surface area contributed by atoms with Crippen molar-refractivity contribution in [2.75, 3.05) is 0 Å². The first-order valence-corrected chi connectivity index (χ1v) is 7.55. The number of benzene rings is 1. The molecule has 1 aromatic carbocycles. The molecule has 21 heavy (non-hydrogen) atoms. The molecule has 0 saturated heterocycles. The van der Waals surface area contributed by atoms with E-state index in [-0.39, 0.29) is 11.5 Å². The molecule has 1 unspecified atom stereocenters. The summed E-state index contributed by atoms with van der Waals surface area (Å²) in [5.74, 6) is 0. The van der Waals surface area contributed by atoms with Gasteiger partial charge in [0.15, 0.2) is 0 Å². The zero-order chi connectivity index (χ0) is 15.8. The Morgan fingerprint density at radius 1 is 1.14 bits per heavy atom. The standard InChI is InChI=1S/C18H27N3/c1-12-16(13(2)21(6)20-12)11-17(19)14-7-9-15(10-8-14)18(3,4)5/h7-10,17H,11,19H2,1-6H3. The van der Waals surface area contributed by atoms with Crippen LogP contribution in [0.1, 0.15) is 54.9 Å². The molecule has 0 bridgehead atoms. The number of nitrogens with zero attached hydrogens (tertiary/aromatic N) is 2. The Kier molecular flexibility index (Phi) is 4.24. The lowest BCUT2D eigenvalue weighted by Gasteiger charge is -2.20. The van der Waals surface area contributed by atoms with Crippen LogP contribution in [0, 0.1) is 13.8 Å². The molecule has 3 nitrogen and oxygen atoms in total. The summed E-state index contributed by atoms with van der Waals surface area (Å²) in [7, 11) is 1.98. The minimum Gasteiger partial charge on any atom is -0.324 e. The fraction of sp³-hybridized carbons (Fsp3) is 0.500. The molecule has 0 amide bonds. The average molecular weight is 285 g/mol. The summed E-state index contributed by atoms with van der Waals surface area (Å²) in [6.45, 7) is 10.8. The lowest BCUT2D eigenvalue weighted by Crippen LogP contribution is -2.15. The number of hydrogen-bond donors (Lipinski definition) is 1. The third kappa shape index (κ3) is 3.35. The monoisotopic (exact) mass is 285 g/mol. The molecule has 0 aliphatic carbocycles. The second kappa shape index (κ2) is 5.64. The van der Waals surface area contributed by atoms with Crippen LogP contribution in [0.3, 0.4) is 0 Å². The number of nitrogens with two attached hydrogens (primary N) is 1. The predicted octanol–water partition coefficient (Wildman–Crippen LogP) is 3.58. The van der Waals surface area contributed by atoms with E-state index in [1.165, 1.54) is 22.4 Å². The van der Waals surface area contributed by atoms with Gasteiger partial charge in [-0.25, -0.2) is 0 Å². The minimum atomic E-state index is 0.0145. The summed E-state index contributed by atoms with van der Waals surface area (Å²) in [5, 5.41) is 4.46. The first-order valence-electron chi connectivity index (χ1n) is 7.55. The Labute approximate surface area is 128 Å². The maximum atomic E-state index is 6.40. The van der Waals surface area contributed by atoms with Gasteiger partial charge in [0.2, 0.25) is 0 Å². The Hall–Kier alpha value is -1.61. The average Bonchev–Trinajstić information content (AvgIpc) is 2.64. The highest BCUT2D eigenvalue weighted by molar-refractivity contribution is 5.32. The van der Waals surface area contributed by atoms with E-state index in [0.29, 0.717) is 0 Å². The number of hydrogen-bond acceptors (Lipinski definition) is 2. The Morgan fingerprint density at radius 2 is 1.71 bits per heavy atom. The smallest absolute Gasteiger partial charge is 0.0629 e. The van der Waals surface area contributed by atoms with Crippen molar-refractivity contribution in [1.29, 1.82) is 0 Å². The molecule has 0 saturated carbocycles. The van der Waals surface area contributed by atoms with Crippen molar-refractivity contribution in [3.8, 4) is 0 Å². The summed E-state index contributed by atoms with van der Waals surface area (Å²) in [6, 6.07) is 8.72. The molecule has 0 aliphatic rings. The lowest BCUT2D eigenvalue weighted by atomic mass is 9.86. The molecule has 3 heteroatoms. The van der Waals surface area contributed by atoms with Gasteiger partial charge < -0.3 is 5.73 Å². The molecule has 2 rings (SSSR count). The molecule has 0 aliphatic heterocycles. The minimum absolute atomic E-state index is 0.0145. The van der Waals surface area contributed by atoms with E-state index in [4.69, 9.17) is 5.73 Å². The van der Waals surface area contributed by atoms with Gasteiger partial charge >= 0.3 is 0 Å². The predicted molar refractivity (Wildman–Crippen MR) is 88.5 cm³/mol. The molecule has 2 N–H and O–H groups in total. The SMILES string of the molecule is Cc1nn(C)c(C)c1CC(N)c1ccc(C(C)(C)C)cc1. The maximum Gasteiger partial charge on any atom is 0.0629 e. The van der Waals surface area contributed by atoms with Gasteiger partial charge in [0.25, 0.3) is 0 Å². The van der Waals surface area contributed by atoms with E-state index in [9.17, 15) is 0 Å². The molecule has 1 heterocycles. The zero-order valence-electron chi connectivity index (χ0n) is 14.1. The van der Waals surface area contributed by atoms with Crippen LogP contribution in [0.4, 0.5) is 0 Å². The third-order valence-corrected chi connectivity index (χ3v) is 4.29. The van der Waals surface area contributed by atoms with Gasteiger partial charge in [0, 0.05) is 18.8 Å². The molecular weight excluding hydrogens is 258 g/mol. The summed E-state index contributed by atoms with van der Waals surface area (Å²) in [4.78, 5) is 0. The van der Waals surface area contributed by atoms with E-state index in [1.807, 2.05) is 11.7 Å². The van der Waals surface area contributed by atoms with Gasteiger partial charge in [-0.3, -0.25) is 4.68 Å². The van der Waals surface area contributed by atoms with Gasteiger partial charge in [-0.05, 0) is 42.4 Å². The Bertz CT molecular complexity index is 615. The molecule has 1 atom stereocenters. The highest BCUT2D eigenvalue weighted by Gasteiger charge is 2.16. The van der Waals surface area contributed by atoms with Crippen LogP contribution in [0.5, 0.6) is 0 Å². The van der Waals surface area contributed by atoms with Gasteiger partial charge in [0.1, 0.15) is 0 Å². The van der Waals surface area contributed by atoms with Crippen molar-refractivity contribution in [2.45, 2.75) is 52.5 Å². The van der Waals surface area contributed by atoms with Crippen LogP contribution >= 0.6 is 0 Å². The van der Waals surface area contributed by atoms with Gasteiger partial charge in [-0.2, -0.15) is 5.10 Å². The summed E-state index contributed by atoms with van der Waals surface area (Å²) in [5.41, 5.74) is 12.7. The van der Waals surface area contributed by atoms with Gasteiger partial charge in [-0.1, -0.05) is 45.0 Å². The van der Waals surface area contributed by atoms with Crippen LogP contribution in [-0.2, 0) is 18.9 Å². The molecule has 0 spiro atoms. The molecule has 1 aromatic heterocycles. The zero-order valence-corrected chi connectivity index (χ0v) is 14.1. The van der Waals surface area contributed by atoms with Crippen molar-refractivity contribution < 1.29 is 0 Å². The van der Waals surface area contributed by atoms with Crippen LogP contribution in [-0.4, -0.2) is 9.78 Å². The van der Waals surface area contributed by atoms with E-state index in [1.54, 1.807) is 0 Å². The van der Waals surface area contributed by atoms with Crippen molar-refractivity contribution in [3.05, 3.63) is 52.3 Å². The van der Waals surface area contributed by atoms with Gasteiger partial charge in [-0.15, -0.1) is 0 Å².